The van der Waals surface area contributed by atoms with Crippen molar-refractivity contribution in [3.63, 3.8) is 0 Å². The minimum atomic E-state index is -0.487. The Morgan fingerprint density at radius 1 is 0.645 bits per heavy atom. The largest absolute Gasteiger partial charge is 0.444 e. The van der Waals surface area contributed by atoms with E-state index in [4.69, 9.17) is 14.3 Å². The molecule has 3 fully saturated rings. The summed E-state index contributed by atoms with van der Waals surface area (Å²) in [5, 5.41) is 16.5. The zero-order valence-electron chi connectivity index (χ0n) is 38.3. The molecular weight excluding hydrogens is 935 g/mol. The molecule has 6 rings (SSSR count). The Labute approximate surface area is 386 Å². The van der Waals surface area contributed by atoms with E-state index in [1.54, 1.807) is 62.7 Å². The van der Waals surface area contributed by atoms with Crippen molar-refractivity contribution in [1.29, 1.82) is 0 Å². The molecule has 0 bridgehead atoms. The Morgan fingerprint density at radius 2 is 1.02 bits per heavy atom. The maximum atomic E-state index is 12.3. The number of ketones is 2. The number of nitrogens with zero attached hydrogens (tertiary/aromatic N) is 9. The van der Waals surface area contributed by atoms with Gasteiger partial charge in [-0.05, 0) is 116 Å². The summed E-state index contributed by atoms with van der Waals surface area (Å²) in [6.07, 6.45) is 14.5. The first-order chi connectivity index (χ1) is 28.6. The van der Waals surface area contributed by atoms with Crippen LogP contribution < -0.4 is 5.32 Å². The molecule has 3 aromatic heterocycles. The molecule has 18 nitrogen and oxygen atoms in total. The standard InChI is InChI=1S/C15H23N3O3.C13H24N2O4.C10H15N3O.C4H5IN2.ClH/c1-15(2,3)21-14(20)18-7-5-11(6-8-18)13(19)12-9-16-17(4)10-12;1-13(2,3)19-12(17)15-8-6-10(7-9-15)11(16)14(4)18-5;1-13-7-9(6-12-13)10(14)8-2-4-11-5-3-8;1-7-3-4(5)2-6-7;/h9-11H,5-8H2,1-4H3;10H,6-9H2,1-5H3;6-8,11H,2-5H2,1H3;2-3H,1H3;1H. The maximum absolute atomic E-state index is 12.3. The predicted octanol–water partition coefficient (Wildman–Crippen LogP) is 5.95. The van der Waals surface area contributed by atoms with E-state index in [1.165, 1.54) is 15.7 Å². The number of rotatable bonds is 6. The number of carbonyl (C=O) groups is 5. The number of hydrogen-bond donors (Lipinski definition) is 1. The highest BCUT2D eigenvalue weighted by Gasteiger charge is 2.32. The topological polar surface area (TPSA) is 188 Å². The van der Waals surface area contributed by atoms with Gasteiger partial charge in [-0.25, -0.2) is 14.7 Å². The molecule has 20 heteroatoms. The average molecular weight is 1000 g/mol. The average Bonchev–Trinajstić information content (AvgIpc) is 3.97. The van der Waals surface area contributed by atoms with Crippen LogP contribution in [0.1, 0.15) is 101 Å². The molecule has 348 valence electrons. The maximum Gasteiger partial charge on any atom is 0.410 e. The van der Waals surface area contributed by atoms with Crippen molar-refractivity contribution in [2.24, 2.45) is 38.9 Å². The van der Waals surface area contributed by atoms with Crippen LogP contribution in [0, 0.1) is 21.3 Å². The van der Waals surface area contributed by atoms with Gasteiger partial charge in [0.2, 0.25) is 5.91 Å². The molecule has 62 heavy (non-hydrogen) atoms. The van der Waals surface area contributed by atoms with Crippen LogP contribution in [0.3, 0.4) is 0 Å². The van der Waals surface area contributed by atoms with E-state index >= 15 is 0 Å². The summed E-state index contributed by atoms with van der Waals surface area (Å²) in [7, 11) is 8.60. The SMILES string of the molecule is CON(C)C(=O)C1CCN(C(=O)OC(C)(C)C)CC1.Cl.Cn1cc(C(=O)C2CCN(C(=O)OC(C)(C)C)CC2)cn1.Cn1cc(C(=O)C2CCNCC2)cn1.Cn1cc(I)cn1. The summed E-state index contributed by atoms with van der Waals surface area (Å²) in [5.74, 6) is 0.412. The van der Waals surface area contributed by atoms with Crippen LogP contribution in [-0.2, 0) is 40.2 Å². The van der Waals surface area contributed by atoms with Crippen molar-refractivity contribution in [2.45, 2.75) is 91.3 Å². The molecule has 0 atom stereocenters. The van der Waals surface area contributed by atoms with Crippen LogP contribution >= 0.6 is 35.0 Å². The Kier molecular flexibility index (Phi) is 22.0. The van der Waals surface area contributed by atoms with E-state index in [-0.39, 0.29) is 59.8 Å². The fourth-order valence-electron chi connectivity index (χ4n) is 6.68. The number of hydrogen-bond acceptors (Lipinski definition) is 12. The van der Waals surface area contributed by atoms with Gasteiger partial charge in [-0.1, -0.05) is 0 Å². The summed E-state index contributed by atoms with van der Waals surface area (Å²) < 4.78 is 16.9. The van der Waals surface area contributed by atoms with Gasteiger partial charge in [-0.15, -0.1) is 12.4 Å². The molecule has 0 aromatic carbocycles. The number of hydroxylamine groups is 2. The zero-order chi connectivity index (χ0) is 45.5. The van der Waals surface area contributed by atoms with Gasteiger partial charge in [0, 0.05) is 90.7 Å². The van der Waals surface area contributed by atoms with Crippen LogP contribution in [-0.4, -0.2) is 138 Å². The minimum Gasteiger partial charge on any atom is -0.444 e. The molecule has 0 saturated carbocycles. The summed E-state index contributed by atoms with van der Waals surface area (Å²) in [6.45, 7) is 15.2. The minimum absolute atomic E-state index is 0. The summed E-state index contributed by atoms with van der Waals surface area (Å²) in [4.78, 5) is 68.2. The highest BCUT2D eigenvalue weighted by molar-refractivity contribution is 14.1. The first-order valence-electron chi connectivity index (χ1n) is 20.7. The first kappa shape index (κ1) is 54.1. The summed E-state index contributed by atoms with van der Waals surface area (Å²) in [5.41, 5.74) is 0.423. The number of Topliss-reactive ketones (excluding diaryl/α,β-unsaturated/α-hetero) is 2. The number of nitrogens with one attached hydrogen (secondary N) is 1. The van der Waals surface area contributed by atoms with Crippen molar-refractivity contribution in [3.05, 3.63) is 51.9 Å². The van der Waals surface area contributed by atoms with Crippen LogP contribution in [0.25, 0.3) is 0 Å². The normalized spacial score (nSPS) is 16.2. The van der Waals surface area contributed by atoms with E-state index in [0.29, 0.717) is 57.4 Å². The highest BCUT2D eigenvalue weighted by atomic mass is 127. The molecule has 0 aliphatic carbocycles. The number of amides is 3. The number of carbonyl (C=O) groups excluding carboxylic acids is 5. The summed E-state index contributed by atoms with van der Waals surface area (Å²) >= 11 is 2.22. The Hall–Kier alpha value is -4.08. The molecule has 6 heterocycles. The molecule has 3 amide bonds. The lowest BCUT2D eigenvalue weighted by molar-refractivity contribution is -0.174. The van der Waals surface area contributed by atoms with Crippen molar-refractivity contribution < 1.29 is 38.3 Å². The molecule has 0 radical (unpaired) electrons. The lowest BCUT2D eigenvalue weighted by Crippen LogP contribution is -2.45. The van der Waals surface area contributed by atoms with Crippen molar-refractivity contribution in [2.75, 3.05) is 53.4 Å². The smallest absolute Gasteiger partial charge is 0.410 e. The number of aromatic nitrogens is 6. The second-order valence-corrected chi connectivity index (χ2v) is 18.6. The van der Waals surface area contributed by atoms with Gasteiger partial charge >= 0.3 is 12.2 Å². The van der Waals surface area contributed by atoms with Crippen LogP contribution in [0.2, 0.25) is 0 Å². The van der Waals surface area contributed by atoms with E-state index < -0.39 is 11.2 Å². The van der Waals surface area contributed by atoms with E-state index in [1.807, 2.05) is 68.0 Å². The third-order valence-electron chi connectivity index (χ3n) is 9.96. The van der Waals surface area contributed by atoms with Gasteiger partial charge in [0.05, 0.1) is 40.4 Å². The van der Waals surface area contributed by atoms with Crippen LogP contribution in [0.5, 0.6) is 0 Å². The van der Waals surface area contributed by atoms with Crippen molar-refractivity contribution in [1.82, 2.24) is 49.5 Å². The molecule has 0 unspecified atom stereocenters. The third kappa shape index (κ3) is 18.7. The lowest BCUT2D eigenvalue weighted by Gasteiger charge is -2.33. The zero-order valence-corrected chi connectivity index (χ0v) is 41.2. The van der Waals surface area contributed by atoms with Crippen LogP contribution in [0.15, 0.2) is 37.2 Å². The number of aryl methyl sites for hydroxylation is 3. The number of piperidine rings is 3. The van der Waals surface area contributed by atoms with Gasteiger partial charge in [-0.2, -0.15) is 15.3 Å². The van der Waals surface area contributed by atoms with Crippen molar-refractivity contribution in [3.8, 4) is 0 Å². The molecule has 0 spiro atoms. The molecule has 3 aliphatic rings. The number of likely N-dealkylation sites (tertiary alicyclic amines) is 2. The van der Waals surface area contributed by atoms with Gasteiger partial charge < -0.3 is 24.6 Å². The third-order valence-corrected chi connectivity index (χ3v) is 10.5. The highest BCUT2D eigenvalue weighted by Crippen LogP contribution is 2.24. The van der Waals surface area contributed by atoms with E-state index in [0.717, 1.165) is 31.5 Å². The van der Waals surface area contributed by atoms with Gasteiger partial charge in [-0.3, -0.25) is 33.3 Å². The predicted molar refractivity (Wildman–Crippen MR) is 245 cm³/mol. The Bertz CT molecular complexity index is 1850. The number of halogens is 2. The molecule has 1 N–H and O–H groups in total. The Morgan fingerprint density at radius 3 is 1.32 bits per heavy atom. The van der Waals surface area contributed by atoms with Crippen molar-refractivity contribution >= 4 is 64.7 Å². The summed E-state index contributed by atoms with van der Waals surface area (Å²) in [6, 6.07) is 0. The van der Waals surface area contributed by atoms with Gasteiger partial charge in [0.1, 0.15) is 11.2 Å². The van der Waals surface area contributed by atoms with E-state index in [9.17, 15) is 24.0 Å². The second-order valence-electron chi connectivity index (χ2n) is 17.4. The number of ether oxygens (including phenoxy) is 2. The van der Waals surface area contributed by atoms with Gasteiger partial charge in [0.25, 0.3) is 0 Å². The molecule has 3 aliphatic heterocycles. The monoisotopic (exact) mass is 1000 g/mol. The van der Waals surface area contributed by atoms with Crippen LogP contribution in [0.4, 0.5) is 9.59 Å². The second kappa shape index (κ2) is 25.3. The first-order valence-corrected chi connectivity index (χ1v) is 21.8. The van der Waals surface area contributed by atoms with Gasteiger partial charge in [0.15, 0.2) is 11.6 Å². The molecular formula is C42H68ClIN10O8. The fourth-order valence-corrected chi connectivity index (χ4v) is 7.20. The molecule has 3 aromatic rings. The quantitative estimate of drug-likeness (QED) is 0.174. The lowest BCUT2D eigenvalue weighted by atomic mass is 9.90. The van der Waals surface area contributed by atoms with E-state index in [2.05, 4.69) is 43.2 Å². The fraction of sp³-hybridized carbons (Fsp3) is 0.667. The Balaban J connectivity index is 0.000000298. The molecule has 3 saturated heterocycles.